The Morgan fingerprint density at radius 3 is 2.71 bits per heavy atom. The van der Waals surface area contributed by atoms with Crippen LogP contribution in [0.15, 0.2) is 18.2 Å². The summed E-state index contributed by atoms with van der Waals surface area (Å²) < 4.78 is 5.33. The molecule has 0 aliphatic carbocycles. The van der Waals surface area contributed by atoms with Crippen LogP contribution in [0.25, 0.3) is 0 Å². The lowest BCUT2D eigenvalue weighted by Gasteiger charge is -2.13. The van der Waals surface area contributed by atoms with E-state index in [0.717, 1.165) is 5.56 Å². The SMILES string of the molecule is Cc1cc(Cl)ccc1O[C@@H](C)C(N)=O. The molecule has 4 heteroatoms. The smallest absolute Gasteiger partial charge is 0.258 e. The van der Waals surface area contributed by atoms with Gasteiger partial charge in [0.05, 0.1) is 0 Å². The summed E-state index contributed by atoms with van der Waals surface area (Å²) in [5.74, 6) is 0.139. The number of rotatable bonds is 3. The van der Waals surface area contributed by atoms with E-state index in [9.17, 15) is 4.79 Å². The van der Waals surface area contributed by atoms with E-state index < -0.39 is 12.0 Å². The summed E-state index contributed by atoms with van der Waals surface area (Å²) in [7, 11) is 0. The molecule has 0 aliphatic heterocycles. The third-order valence-electron chi connectivity index (χ3n) is 1.84. The number of aryl methyl sites for hydroxylation is 1. The third-order valence-corrected chi connectivity index (χ3v) is 2.08. The van der Waals surface area contributed by atoms with E-state index in [1.807, 2.05) is 6.92 Å². The molecule has 0 saturated carbocycles. The number of ether oxygens (including phenoxy) is 1. The molecule has 0 aromatic heterocycles. The molecule has 0 saturated heterocycles. The van der Waals surface area contributed by atoms with Gasteiger partial charge in [0.2, 0.25) is 0 Å². The van der Waals surface area contributed by atoms with Gasteiger partial charge in [0.25, 0.3) is 5.91 Å². The van der Waals surface area contributed by atoms with Gasteiger partial charge in [-0.05, 0) is 37.6 Å². The molecule has 3 nitrogen and oxygen atoms in total. The molecule has 0 fully saturated rings. The van der Waals surface area contributed by atoms with Gasteiger partial charge in [0, 0.05) is 5.02 Å². The molecule has 1 amide bonds. The molecule has 0 bridgehead atoms. The van der Waals surface area contributed by atoms with Gasteiger partial charge in [-0.25, -0.2) is 0 Å². The van der Waals surface area contributed by atoms with Gasteiger partial charge in [-0.3, -0.25) is 4.79 Å². The molecule has 76 valence electrons. The average molecular weight is 214 g/mol. The second kappa shape index (κ2) is 4.33. The van der Waals surface area contributed by atoms with Crippen molar-refractivity contribution >= 4 is 17.5 Å². The predicted molar refractivity (Wildman–Crippen MR) is 55.5 cm³/mol. The molecule has 0 spiro atoms. The summed E-state index contributed by atoms with van der Waals surface area (Å²) in [5, 5.41) is 0.640. The van der Waals surface area contributed by atoms with Gasteiger partial charge in [0.1, 0.15) is 5.75 Å². The normalized spacial score (nSPS) is 12.2. The first-order valence-electron chi connectivity index (χ1n) is 4.23. The van der Waals surface area contributed by atoms with Crippen molar-refractivity contribution in [2.75, 3.05) is 0 Å². The minimum Gasteiger partial charge on any atom is -0.481 e. The number of halogens is 1. The van der Waals surface area contributed by atoms with Crippen molar-refractivity contribution < 1.29 is 9.53 Å². The van der Waals surface area contributed by atoms with Gasteiger partial charge in [-0.15, -0.1) is 0 Å². The molecule has 1 aromatic carbocycles. The highest BCUT2D eigenvalue weighted by atomic mass is 35.5. The zero-order valence-electron chi connectivity index (χ0n) is 8.08. The van der Waals surface area contributed by atoms with Gasteiger partial charge >= 0.3 is 0 Å². The maximum atomic E-state index is 10.8. The number of hydrogen-bond donors (Lipinski definition) is 1. The lowest BCUT2D eigenvalue weighted by atomic mass is 10.2. The van der Waals surface area contributed by atoms with Crippen molar-refractivity contribution in [2.24, 2.45) is 5.73 Å². The maximum absolute atomic E-state index is 10.8. The minimum absolute atomic E-state index is 0.487. The van der Waals surface area contributed by atoms with Crippen LogP contribution in [0.1, 0.15) is 12.5 Å². The van der Waals surface area contributed by atoms with E-state index in [-0.39, 0.29) is 0 Å². The Kier molecular flexibility index (Phi) is 3.36. The number of amides is 1. The van der Waals surface area contributed by atoms with Crippen molar-refractivity contribution in [1.29, 1.82) is 0 Å². The summed E-state index contributed by atoms with van der Waals surface area (Å²) in [6.45, 7) is 3.46. The quantitative estimate of drug-likeness (QED) is 0.834. The average Bonchev–Trinajstić information content (AvgIpc) is 2.09. The van der Waals surface area contributed by atoms with E-state index in [1.54, 1.807) is 25.1 Å². The summed E-state index contributed by atoms with van der Waals surface area (Å²) in [4.78, 5) is 10.8. The lowest BCUT2D eigenvalue weighted by Crippen LogP contribution is -2.30. The van der Waals surface area contributed by atoms with Gasteiger partial charge in [-0.2, -0.15) is 0 Å². The molecule has 2 N–H and O–H groups in total. The Morgan fingerprint density at radius 2 is 2.21 bits per heavy atom. The van der Waals surface area contributed by atoms with Crippen LogP contribution in [-0.2, 0) is 4.79 Å². The highest BCUT2D eigenvalue weighted by Crippen LogP contribution is 2.22. The second-order valence-corrected chi connectivity index (χ2v) is 3.51. The van der Waals surface area contributed by atoms with Crippen molar-refractivity contribution in [1.82, 2.24) is 0 Å². The van der Waals surface area contributed by atoms with Crippen molar-refractivity contribution in [3.05, 3.63) is 28.8 Å². The monoisotopic (exact) mass is 213 g/mol. The number of nitrogens with two attached hydrogens (primary N) is 1. The zero-order valence-corrected chi connectivity index (χ0v) is 8.84. The largest absolute Gasteiger partial charge is 0.481 e. The van der Waals surface area contributed by atoms with Gasteiger partial charge in [-0.1, -0.05) is 11.6 Å². The number of carbonyl (C=O) groups is 1. The van der Waals surface area contributed by atoms with E-state index >= 15 is 0 Å². The number of hydrogen-bond acceptors (Lipinski definition) is 2. The fourth-order valence-corrected chi connectivity index (χ4v) is 1.22. The molecule has 0 unspecified atom stereocenters. The van der Waals surface area contributed by atoms with Crippen LogP contribution in [0.4, 0.5) is 0 Å². The van der Waals surface area contributed by atoms with Crippen LogP contribution in [0.2, 0.25) is 5.02 Å². The first-order chi connectivity index (χ1) is 6.50. The van der Waals surface area contributed by atoms with Crippen LogP contribution in [0.5, 0.6) is 5.75 Å². The fraction of sp³-hybridized carbons (Fsp3) is 0.300. The van der Waals surface area contributed by atoms with Crippen LogP contribution in [-0.4, -0.2) is 12.0 Å². The topological polar surface area (TPSA) is 52.3 Å². The highest BCUT2D eigenvalue weighted by Gasteiger charge is 2.11. The van der Waals surface area contributed by atoms with Crippen LogP contribution in [0, 0.1) is 6.92 Å². The van der Waals surface area contributed by atoms with Gasteiger partial charge in [0.15, 0.2) is 6.10 Å². The molecule has 1 atom stereocenters. The summed E-state index contributed by atoms with van der Waals surface area (Å²) in [5.41, 5.74) is 5.95. The first kappa shape index (κ1) is 10.9. The highest BCUT2D eigenvalue weighted by molar-refractivity contribution is 6.30. The Hall–Kier alpha value is -1.22. The first-order valence-corrected chi connectivity index (χ1v) is 4.60. The van der Waals surface area contributed by atoms with E-state index in [1.165, 1.54) is 0 Å². The van der Waals surface area contributed by atoms with Gasteiger partial charge < -0.3 is 10.5 Å². The standard InChI is InChI=1S/C10H12ClNO2/c1-6-5-8(11)3-4-9(6)14-7(2)10(12)13/h3-5,7H,1-2H3,(H2,12,13)/t7-/m0/s1. The number of carbonyl (C=O) groups excluding carboxylic acids is 1. The maximum Gasteiger partial charge on any atom is 0.258 e. The minimum atomic E-state index is -0.630. The second-order valence-electron chi connectivity index (χ2n) is 3.07. The molecular formula is C10H12ClNO2. The van der Waals surface area contributed by atoms with E-state index in [2.05, 4.69) is 0 Å². The lowest BCUT2D eigenvalue weighted by molar-refractivity contribution is -0.123. The fourth-order valence-electron chi connectivity index (χ4n) is 0.994. The van der Waals surface area contributed by atoms with Crippen LogP contribution < -0.4 is 10.5 Å². The molecule has 1 aromatic rings. The molecule has 14 heavy (non-hydrogen) atoms. The Bertz CT molecular complexity index is 352. The summed E-state index contributed by atoms with van der Waals surface area (Å²) >= 11 is 5.77. The molecule has 0 heterocycles. The summed E-state index contributed by atoms with van der Waals surface area (Å²) in [6.07, 6.45) is -0.630. The van der Waals surface area contributed by atoms with Crippen molar-refractivity contribution in [3.63, 3.8) is 0 Å². The molecular weight excluding hydrogens is 202 g/mol. The van der Waals surface area contributed by atoms with Crippen molar-refractivity contribution in [3.8, 4) is 5.75 Å². The van der Waals surface area contributed by atoms with E-state index in [0.29, 0.717) is 10.8 Å². The van der Waals surface area contributed by atoms with Crippen molar-refractivity contribution in [2.45, 2.75) is 20.0 Å². The van der Waals surface area contributed by atoms with Crippen LogP contribution in [0.3, 0.4) is 0 Å². The summed E-state index contributed by atoms with van der Waals surface area (Å²) in [6, 6.07) is 5.19. The predicted octanol–water partition coefficient (Wildman–Crippen LogP) is 1.90. The number of primary amides is 1. The Balaban J connectivity index is 2.82. The number of benzene rings is 1. The zero-order chi connectivity index (χ0) is 10.7. The van der Waals surface area contributed by atoms with Crippen LogP contribution >= 0.6 is 11.6 Å². The molecule has 0 radical (unpaired) electrons. The third kappa shape index (κ3) is 2.64. The Labute approximate surface area is 87.8 Å². The molecule has 0 aliphatic rings. The molecule has 1 rings (SSSR count). The Morgan fingerprint density at radius 1 is 1.57 bits per heavy atom. The van der Waals surface area contributed by atoms with E-state index in [4.69, 9.17) is 22.1 Å².